The molecule has 28 heavy (non-hydrogen) atoms. The molecule has 2 aliphatic heterocycles. The van der Waals surface area contributed by atoms with Crippen LogP contribution in [-0.4, -0.2) is 53.3 Å². The van der Waals surface area contributed by atoms with Crippen molar-refractivity contribution in [3.05, 3.63) is 45.9 Å². The third-order valence-electron chi connectivity index (χ3n) is 5.86. The number of hydrogen-bond acceptors (Lipinski definition) is 6. The summed E-state index contributed by atoms with van der Waals surface area (Å²) in [6, 6.07) is 7.26. The Balaban J connectivity index is 1.41. The summed E-state index contributed by atoms with van der Waals surface area (Å²) in [4.78, 5) is 24.3. The maximum absolute atomic E-state index is 12.1. The number of methoxy groups -OCH3 is 1. The zero-order valence-corrected chi connectivity index (χ0v) is 16.4. The first-order valence-electron chi connectivity index (χ1n) is 10.1. The number of nitrogens with one attached hydrogen (secondary N) is 1. The molecule has 2 aliphatic rings. The summed E-state index contributed by atoms with van der Waals surface area (Å²) in [6.07, 6.45) is 4.23. The fourth-order valence-corrected chi connectivity index (χ4v) is 4.24. The van der Waals surface area contributed by atoms with Crippen LogP contribution in [0.15, 0.2) is 29.1 Å². The maximum Gasteiger partial charge on any atom is 0.252 e. The van der Waals surface area contributed by atoms with Crippen molar-refractivity contribution in [1.29, 1.82) is 0 Å². The molecular weight excluding hydrogens is 356 g/mol. The number of phenolic OH excluding ortho intramolecular Hbond substituents is 1. The van der Waals surface area contributed by atoms with E-state index in [-0.39, 0.29) is 11.3 Å². The van der Waals surface area contributed by atoms with E-state index < -0.39 is 0 Å². The number of para-hydroxylation sites is 1. The van der Waals surface area contributed by atoms with E-state index in [0.29, 0.717) is 18.2 Å². The number of H-pyrrole nitrogens is 1. The Labute approximate surface area is 165 Å². The first-order valence-corrected chi connectivity index (χ1v) is 10.1. The van der Waals surface area contributed by atoms with E-state index in [1.807, 2.05) is 12.1 Å². The van der Waals surface area contributed by atoms with Crippen LogP contribution in [0.3, 0.4) is 0 Å². The first kappa shape index (κ1) is 18.8. The highest BCUT2D eigenvalue weighted by atomic mass is 16.5. The van der Waals surface area contributed by atoms with Crippen LogP contribution in [0.5, 0.6) is 11.5 Å². The Morgan fingerprint density at radius 2 is 1.96 bits per heavy atom. The van der Waals surface area contributed by atoms with E-state index in [9.17, 15) is 9.90 Å². The van der Waals surface area contributed by atoms with Gasteiger partial charge in [-0.3, -0.25) is 14.7 Å². The highest BCUT2D eigenvalue weighted by Gasteiger charge is 2.24. The highest BCUT2D eigenvalue weighted by molar-refractivity contribution is 5.45. The SMILES string of the molecule is COc1cccc(CN2CCC(c3cc(=O)[nH]c(N4CCCC4)n3)CC2)c1O. The molecule has 7 heteroatoms. The number of benzene rings is 1. The maximum atomic E-state index is 12.1. The number of hydrogen-bond donors (Lipinski definition) is 2. The van der Waals surface area contributed by atoms with Crippen molar-refractivity contribution >= 4 is 5.95 Å². The molecule has 4 rings (SSSR count). The zero-order valence-electron chi connectivity index (χ0n) is 16.4. The van der Waals surface area contributed by atoms with Gasteiger partial charge in [-0.25, -0.2) is 4.98 Å². The Morgan fingerprint density at radius 1 is 1.21 bits per heavy atom. The van der Waals surface area contributed by atoms with Gasteiger partial charge in [-0.15, -0.1) is 0 Å². The van der Waals surface area contributed by atoms with Crippen LogP contribution < -0.4 is 15.2 Å². The summed E-state index contributed by atoms with van der Waals surface area (Å²) in [7, 11) is 1.56. The molecule has 0 unspecified atom stereocenters. The molecule has 2 saturated heterocycles. The van der Waals surface area contributed by atoms with E-state index in [0.717, 1.165) is 69.1 Å². The molecule has 0 aliphatic carbocycles. The third-order valence-corrected chi connectivity index (χ3v) is 5.86. The average molecular weight is 384 g/mol. The van der Waals surface area contributed by atoms with E-state index in [2.05, 4.69) is 14.8 Å². The van der Waals surface area contributed by atoms with Crippen LogP contribution in [0, 0.1) is 0 Å². The quantitative estimate of drug-likeness (QED) is 0.824. The average Bonchev–Trinajstić information content (AvgIpc) is 3.25. The molecule has 2 aromatic rings. The number of piperidine rings is 1. The smallest absolute Gasteiger partial charge is 0.252 e. The predicted octanol–water partition coefficient (Wildman–Crippen LogP) is 2.46. The lowest BCUT2D eigenvalue weighted by Crippen LogP contribution is -2.33. The lowest BCUT2D eigenvalue weighted by Gasteiger charge is -2.32. The lowest BCUT2D eigenvalue weighted by atomic mass is 9.93. The molecule has 150 valence electrons. The monoisotopic (exact) mass is 384 g/mol. The highest BCUT2D eigenvalue weighted by Crippen LogP contribution is 2.32. The summed E-state index contributed by atoms with van der Waals surface area (Å²) < 4.78 is 5.20. The zero-order chi connectivity index (χ0) is 19.5. The van der Waals surface area contributed by atoms with Gasteiger partial charge in [0, 0.05) is 37.2 Å². The topological polar surface area (TPSA) is 81.7 Å². The molecule has 2 N–H and O–H groups in total. The van der Waals surface area contributed by atoms with Crippen molar-refractivity contribution in [2.75, 3.05) is 38.2 Å². The summed E-state index contributed by atoms with van der Waals surface area (Å²) in [5, 5.41) is 10.3. The van der Waals surface area contributed by atoms with Gasteiger partial charge in [0.05, 0.1) is 12.8 Å². The van der Waals surface area contributed by atoms with Crippen molar-refractivity contribution in [2.24, 2.45) is 0 Å². The molecule has 0 radical (unpaired) electrons. The van der Waals surface area contributed by atoms with Gasteiger partial charge in [0.2, 0.25) is 5.95 Å². The minimum atomic E-state index is -0.0596. The fourth-order valence-electron chi connectivity index (χ4n) is 4.24. The van der Waals surface area contributed by atoms with Gasteiger partial charge in [0.15, 0.2) is 11.5 Å². The second kappa shape index (κ2) is 8.22. The van der Waals surface area contributed by atoms with E-state index in [4.69, 9.17) is 9.72 Å². The van der Waals surface area contributed by atoms with E-state index >= 15 is 0 Å². The first-order chi connectivity index (χ1) is 13.6. The van der Waals surface area contributed by atoms with Crippen LogP contribution in [0.2, 0.25) is 0 Å². The van der Waals surface area contributed by atoms with Gasteiger partial charge in [0.25, 0.3) is 5.56 Å². The molecule has 3 heterocycles. The third kappa shape index (κ3) is 3.99. The van der Waals surface area contributed by atoms with Crippen LogP contribution in [0.25, 0.3) is 0 Å². The normalized spacial score (nSPS) is 18.5. The minimum Gasteiger partial charge on any atom is -0.504 e. The Bertz CT molecular complexity index is 868. The molecule has 1 aromatic heterocycles. The van der Waals surface area contributed by atoms with Crippen LogP contribution >= 0.6 is 0 Å². The van der Waals surface area contributed by atoms with Gasteiger partial charge < -0.3 is 14.7 Å². The standard InChI is InChI=1S/C21H28N4O3/c1-28-18-6-4-5-16(20(18)27)14-24-11-7-15(8-12-24)17-13-19(26)23-21(22-17)25-9-2-3-10-25/h4-6,13,15,27H,2-3,7-12,14H2,1H3,(H,22,23,26). The molecular formula is C21H28N4O3. The van der Waals surface area contributed by atoms with Crippen molar-refractivity contribution in [1.82, 2.24) is 14.9 Å². The van der Waals surface area contributed by atoms with Crippen molar-refractivity contribution in [2.45, 2.75) is 38.1 Å². The molecule has 0 amide bonds. The largest absolute Gasteiger partial charge is 0.504 e. The Hall–Kier alpha value is -2.54. The summed E-state index contributed by atoms with van der Waals surface area (Å²) in [6.45, 7) is 4.45. The van der Waals surface area contributed by atoms with E-state index in [1.54, 1.807) is 19.2 Å². The number of aromatic amines is 1. The number of nitrogens with zero attached hydrogens (tertiary/aromatic N) is 3. The Kier molecular flexibility index (Phi) is 5.52. The summed E-state index contributed by atoms with van der Waals surface area (Å²) in [5.41, 5.74) is 1.73. The number of rotatable bonds is 5. The number of phenols is 1. The lowest BCUT2D eigenvalue weighted by molar-refractivity contribution is 0.200. The second-order valence-corrected chi connectivity index (χ2v) is 7.71. The number of aromatic nitrogens is 2. The van der Waals surface area contributed by atoms with Crippen LogP contribution in [-0.2, 0) is 6.54 Å². The van der Waals surface area contributed by atoms with Crippen molar-refractivity contribution < 1.29 is 9.84 Å². The summed E-state index contributed by atoms with van der Waals surface area (Å²) >= 11 is 0. The second-order valence-electron chi connectivity index (χ2n) is 7.71. The molecule has 0 saturated carbocycles. The molecule has 0 atom stereocenters. The molecule has 2 fully saturated rings. The van der Waals surface area contributed by atoms with Gasteiger partial charge in [-0.2, -0.15) is 0 Å². The van der Waals surface area contributed by atoms with Crippen LogP contribution in [0.1, 0.15) is 42.9 Å². The predicted molar refractivity (Wildman–Crippen MR) is 108 cm³/mol. The van der Waals surface area contributed by atoms with Gasteiger partial charge >= 0.3 is 0 Å². The van der Waals surface area contributed by atoms with E-state index in [1.165, 1.54) is 0 Å². The minimum absolute atomic E-state index is 0.0596. The molecule has 1 aromatic carbocycles. The number of aromatic hydroxyl groups is 1. The van der Waals surface area contributed by atoms with Crippen molar-refractivity contribution in [3.8, 4) is 11.5 Å². The van der Waals surface area contributed by atoms with Crippen molar-refractivity contribution in [3.63, 3.8) is 0 Å². The van der Waals surface area contributed by atoms with Gasteiger partial charge in [0.1, 0.15) is 0 Å². The molecule has 7 nitrogen and oxygen atoms in total. The van der Waals surface area contributed by atoms with Gasteiger partial charge in [-0.05, 0) is 44.8 Å². The number of ether oxygens (including phenoxy) is 1. The number of anilines is 1. The Morgan fingerprint density at radius 3 is 2.68 bits per heavy atom. The summed E-state index contributed by atoms with van der Waals surface area (Å²) in [5.74, 6) is 1.76. The molecule has 0 spiro atoms. The fraction of sp³-hybridized carbons (Fsp3) is 0.524. The number of likely N-dealkylation sites (tertiary alicyclic amines) is 1. The van der Waals surface area contributed by atoms with Gasteiger partial charge in [-0.1, -0.05) is 12.1 Å². The molecule has 0 bridgehead atoms. The van der Waals surface area contributed by atoms with Crippen LogP contribution in [0.4, 0.5) is 5.95 Å².